The molecule has 178 valence electrons. The molecule has 3 aliphatic rings. The minimum absolute atomic E-state index is 0.0123. The molecule has 2 aromatic rings. The number of carbonyl (C=O) groups excluding carboxylic acids is 2. The van der Waals surface area contributed by atoms with Gasteiger partial charge in [0.25, 0.3) is 0 Å². The number of rotatable bonds is 6. The fraction of sp³-hybridized carbons (Fsp3) is 0.444. The van der Waals surface area contributed by atoms with Crippen LogP contribution < -0.4 is 5.32 Å². The molecule has 2 aromatic carbocycles. The Balaban J connectivity index is 1.28. The molecule has 1 saturated carbocycles. The van der Waals surface area contributed by atoms with E-state index in [9.17, 15) is 19.5 Å². The Morgan fingerprint density at radius 1 is 1.03 bits per heavy atom. The van der Waals surface area contributed by atoms with Crippen molar-refractivity contribution in [2.75, 3.05) is 13.2 Å². The van der Waals surface area contributed by atoms with Gasteiger partial charge in [-0.15, -0.1) is 0 Å². The summed E-state index contributed by atoms with van der Waals surface area (Å²) in [5.74, 6) is -1.47. The van der Waals surface area contributed by atoms with Gasteiger partial charge in [-0.25, -0.2) is 9.59 Å². The fourth-order valence-corrected chi connectivity index (χ4v) is 5.67. The van der Waals surface area contributed by atoms with Gasteiger partial charge in [-0.3, -0.25) is 4.79 Å². The van der Waals surface area contributed by atoms with E-state index in [2.05, 4.69) is 29.6 Å². The Bertz CT molecular complexity index is 1070. The molecule has 2 aliphatic carbocycles. The molecule has 3 atom stereocenters. The van der Waals surface area contributed by atoms with Gasteiger partial charge < -0.3 is 20.1 Å². The van der Waals surface area contributed by atoms with Gasteiger partial charge in [-0.2, -0.15) is 0 Å². The highest BCUT2D eigenvalue weighted by molar-refractivity contribution is 5.90. The number of carboxylic acids is 1. The zero-order valence-electron chi connectivity index (χ0n) is 19.3. The normalized spacial score (nSPS) is 22.4. The molecule has 2 N–H and O–H groups in total. The van der Waals surface area contributed by atoms with Crippen molar-refractivity contribution >= 4 is 18.0 Å². The summed E-state index contributed by atoms with van der Waals surface area (Å²) in [7, 11) is 0. The Morgan fingerprint density at radius 2 is 1.65 bits per heavy atom. The molecule has 0 bridgehead atoms. The highest BCUT2D eigenvalue weighted by Crippen LogP contribution is 2.44. The van der Waals surface area contributed by atoms with E-state index in [1.807, 2.05) is 31.2 Å². The first-order chi connectivity index (χ1) is 16.5. The van der Waals surface area contributed by atoms with Crippen LogP contribution in [0.3, 0.4) is 0 Å². The first-order valence-electron chi connectivity index (χ1n) is 12.1. The Hall–Kier alpha value is -3.35. The molecule has 7 heteroatoms. The number of ether oxygens (including phenoxy) is 1. The number of amides is 2. The number of hydrogen-bond donors (Lipinski definition) is 2. The van der Waals surface area contributed by atoms with Crippen molar-refractivity contribution in [3.8, 4) is 11.1 Å². The third-order valence-electron chi connectivity index (χ3n) is 7.74. The molecule has 34 heavy (non-hydrogen) atoms. The summed E-state index contributed by atoms with van der Waals surface area (Å²) >= 11 is 0. The number of carbonyl (C=O) groups is 3. The number of aliphatic carboxylic acids is 1. The molecule has 1 heterocycles. The molecule has 0 radical (unpaired) electrons. The second kappa shape index (κ2) is 9.12. The molecular formula is C27H30N2O5. The lowest BCUT2D eigenvalue weighted by molar-refractivity contribution is -0.151. The third-order valence-corrected chi connectivity index (χ3v) is 7.74. The van der Waals surface area contributed by atoms with Crippen LogP contribution in [0.25, 0.3) is 11.1 Å². The largest absolute Gasteiger partial charge is 0.480 e. The summed E-state index contributed by atoms with van der Waals surface area (Å²) in [6.07, 6.45) is 2.68. The maximum Gasteiger partial charge on any atom is 0.407 e. The van der Waals surface area contributed by atoms with Crippen LogP contribution in [0.4, 0.5) is 4.79 Å². The molecule has 1 saturated heterocycles. The Labute approximate surface area is 199 Å². The van der Waals surface area contributed by atoms with Crippen molar-refractivity contribution in [2.45, 2.75) is 50.6 Å². The molecule has 5 rings (SSSR count). The lowest BCUT2D eigenvalue weighted by atomic mass is 9.79. The predicted octanol–water partition coefficient (Wildman–Crippen LogP) is 4.02. The van der Waals surface area contributed by atoms with E-state index in [0.29, 0.717) is 13.0 Å². The number of benzene rings is 2. The Morgan fingerprint density at radius 3 is 2.21 bits per heavy atom. The molecule has 1 aliphatic heterocycles. The summed E-state index contributed by atoms with van der Waals surface area (Å²) in [5, 5.41) is 12.4. The van der Waals surface area contributed by atoms with Crippen LogP contribution in [0, 0.1) is 11.8 Å². The molecule has 0 aromatic heterocycles. The number of nitrogens with zero attached hydrogens (tertiary/aromatic N) is 1. The summed E-state index contributed by atoms with van der Waals surface area (Å²) in [6, 6.07) is 14.7. The zero-order chi connectivity index (χ0) is 23.8. The quantitative estimate of drug-likeness (QED) is 0.676. The topological polar surface area (TPSA) is 95.9 Å². The van der Waals surface area contributed by atoms with Crippen LogP contribution in [0.1, 0.15) is 49.7 Å². The summed E-state index contributed by atoms with van der Waals surface area (Å²) in [5.41, 5.74) is 4.55. The lowest BCUT2D eigenvalue weighted by Crippen LogP contribution is -2.56. The average molecular weight is 463 g/mol. The highest BCUT2D eigenvalue weighted by Gasteiger charge is 2.45. The van der Waals surface area contributed by atoms with Crippen molar-refractivity contribution < 1.29 is 24.2 Å². The average Bonchev–Trinajstić information content (AvgIpc) is 3.34. The number of likely N-dealkylation sites (tertiary alicyclic amines) is 1. The third kappa shape index (κ3) is 3.93. The number of alkyl carbamates (subject to hydrolysis) is 1. The van der Waals surface area contributed by atoms with E-state index >= 15 is 0 Å². The van der Waals surface area contributed by atoms with Gasteiger partial charge in [-0.05, 0) is 53.4 Å². The number of fused-ring (bicyclic) bond motifs is 3. The van der Waals surface area contributed by atoms with Crippen molar-refractivity contribution in [3.63, 3.8) is 0 Å². The van der Waals surface area contributed by atoms with Crippen LogP contribution in [-0.4, -0.2) is 53.2 Å². The van der Waals surface area contributed by atoms with Crippen LogP contribution in [0.15, 0.2) is 48.5 Å². The van der Waals surface area contributed by atoms with Crippen molar-refractivity contribution in [1.29, 1.82) is 0 Å². The molecular weight excluding hydrogens is 432 g/mol. The van der Waals surface area contributed by atoms with Gasteiger partial charge in [0.05, 0.1) is 0 Å². The second-order valence-corrected chi connectivity index (χ2v) is 9.72. The summed E-state index contributed by atoms with van der Waals surface area (Å²) in [6.45, 7) is 2.42. The smallest absolute Gasteiger partial charge is 0.407 e. The molecule has 2 amide bonds. The van der Waals surface area contributed by atoms with Gasteiger partial charge in [-0.1, -0.05) is 61.9 Å². The highest BCUT2D eigenvalue weighted by atomic mass is 16.5. The number of carboxylic acid groups (broad SMARTS) is 1. The molecule has 0 spiro atoms. The minimum Gasteiger partial charge on any atom is -0.480 e. The molecule has 2 fully saturated rings. The first kappa shape index (κ1) is 22.4. The first-order valence-corrected chi connectivity index (χ1v) is 12.1. The lowest BCUT2D eigenvalue weighted by Gasteiger charge is -2.36. The van der Waals surface area contributed by atoms with Crippen LogP contribution >= 0.6 is 0 Å². The van der Waals surface area contributed by atoms with Gasteiger partial charge >= 0.3 is 12.1 Å². The van der Waals surface area contributed by atoms with Crippen molar-refractivity contribution in [2.24, 2.45) is 11.8 Å². The van der Waals surface area contributed by atoms with E-state index in [0.717, 1.165) is 41.5 Å². The molecule has 7 nitrogen and oxygen atoms in total. The van der Waals surface area contributed by atoms with Crippen molar-refractivity contribution in [1.82, 2.24) is 10.2 Å². The van der Waals surface area contributed by atoms with E-state index in [1.165, 1.54) is 4.90 Å². The van der Waals surface area contributed by atoms with Gasteiger partial charge in [0.1, 0.15) is 18.7 Å². The number of nitrogens with one attached hydrogen (secondary N) is 1. The van der Waals surface area contributed by atoms with E-state index in [-0.39, 0.29) is 30.3 Å². The van der Waals surface area contributed by atoms with E-state index in [4.69, 9.17) is 4.74 Å². The molecule has 3 unspecified atom stereocenters. The van der Waals surface area contributed by atoms with Gasteiger partial charge in [0.15, 0.2) is 0 Å². The van der Waals surface area contributed by atoms with E-state index < -0.39 is 24.1 Å². The fourth-order valence-electron chi connectivity index (χ4n) is 5.67. The SMILES string of the molecule is CC1CCN(C(=O)C(NC(=O)OCC2c3ccccc3-c3ccccc32)C2CCC2)C1C(=O)O. The van der Waals surface area contributed by atoms with Crippen LogP contribution in [0.2, 0.25) is 0 Å². The zero-order valence-corrected chi connectivity index (χ0v) is 19.3. The second-order valence-electron chi connectivity index (χ2n) is 9.72. The standard InChI is InChI=1S/C27H30N2O5/c1-16-13-14-29(24(16)26(31)32)25(30)23(17-7-6-8-17)28-27(33)34-15-22-20-11-4-2-9-18(20)19-10-3-5-12-21(19)22/h2-5,9-12,16-17,22-24H,6-8,13-15H2,1H3,(H,28,33)(H,31,32). The monoisotopic (exact) mass is 462 g/mol. The van der Waals surface area contributed by atoms with Crippen LogP contribution in [-0.2, 0) is 14.3 Å². The van der Waals surface area contributed by atoms with Crippen molar-refractivity contribution in [3.05, 3.63) is 59.7 Å². The minimum atomic E-state index is -0.994. The maximum absolute atomic E-state index is 13.4. The van der Waals surface area contributed by atoms with E-state index in [1.54, 1.807) is 0 Å². The van der Waals surface area contributed by atoms with Crippen LogP contribution in [0.5, 0.6) is 0 Å². The summed E-state index contributed by atoms with van der Waals surface area (Å²) in [4.78, 5) is 39.4. The van der Waals surface area contributed by atoms with Gasteiger partial charge in [0.2, 0.25) is 5.91 Å². The Kier molecular flexibility index (Phi) is 6.02. The summed E-state index contributed by atoms with van der Waals surface area (Å²) < 4.78 is 5.66. The van der Waals surface area contributed by atoms with Gasteiger partial charge in [0, 0.05) is 12.5 Å². The number of hydrogen-bond acceptors (Lipinski definition) is 4. The predicted molar refractivity (Wildman–Crippen MR) is 126 cm³/mol. The maximum atomic E-state index is 13.4.